The van der Waals surface area contributed by atoms with Crippen LogP contribution >= 0.6 is 0 Å². The Hall–Kier alpha value is -5.11. The zero-order chi connectivity index (χ0) is 31.5. The fraction of sp³-hybridized carbons (Fsp3) is 0.229. The lowest BCUT2D eigenvalue weighted by Gasteiger charge is -2.08. The van der Waals surface area contributed by atoms with Gasteiger partial charge in [0, 0.05) is 18.2 Å². The lowest BCUT2D eigenvalue weighted by atomic mass is 10.2. The Kier molecular flexibility index (Phi) is 15.1. The maximum atomic E-state index is 12.3. The molecule has 3 aromatic rings. The maximum absolute atomic E-state index is 12.3. The molecule has 0 unspecified atom stereocenters. The molecule has 0 atom stereocenters. The van der Waals surface area contributed by atoms with Crippen molar-refractivity contribution in [2.45, 2.75) is 46.0 Å². The van der Waals surface area contributed by atoms with Crippen molar-refractivity contribution in [3.05, 3.63) is 108 Å². The van der Waals surface area contributed by atoms with Crippen LogP contribution in [0.5, 0.6) is 23.0 Å². The summed E-state index contributed by atoms with van der Waals surface area (Å²) in [7, 11) is 0. The fourth-order valence-corrected chi connectivity index (χ4v) is 3.58. The van der Waals surface area contributed by atoms with E-state index in [1.807, 2.05) is 24.3 Å². The van der Waals surface area contributed by atoms with Crippen molar-refractivity contribution >= 4 is 30.1 Å². The molecule has 0 heterocycles. The number of carbonyl (C=O) groups is 3. The van der Waals surface area contributed by atoms with E-state index < -0.39 is 17.9 Å². The first kappa shape index (κ1) is 34.1. The summed E-state index contributed by atoms with van der Waals surface area (Å²) >= 11 is 0. The molecule has 0 amide bonds. The number of phenolic OH excluding ortho intramolecular Hbond substituents is 1. The number of hydrogen-bond donors (Lipinski definition) is 2. The molecule has 0 aliphatic carbocycles. The zero-order valence-electron chi connectivity index (χ0n) is 24.5. The van der Waals surface area contributed by atoms with Crippen LogP contribution in [-0.2, 0) is 14.4 Å². The van der Waals surface area contributed by atoms with E-state index in [1.165, 1.54) is 50.0 Å². The summed E-state index contributed by atoms with van der Waals surface area (Å²) in [6.45, 7) is 7.63. The van der Waals surface area contributed by atoms with Crippen LogP contribution < -0.4 is 14.2 Å². The molecule has 0 saturated carbocycles. The van der Waals surface area contributed by atoms with E-state index in [0.717, 1.165) is 29.4 Å². The van der Waals surface area contributed by atoms with Crippen LogP contribution in [0, 0.1) is 6.92 Å². The summed E-state index contributed by atoms with van der Waals surface area (Å²) in [6, 6.07) is 18.8. The normalized spacial score (nSPS) is 10.6. The molecule has 0 saturated heterocycles. The molecular formula is C35H38O8. The number of rotatable bonds is 14. The van der Waals surface area contributed by atoms with E-state index in [1.54, 1.807) is 49.4 Å². The number of esters is 2. The second-order valence-electron chi connectivity index (χ2n) is 9.40. The van der Waals surface area contributed by atoms with Crippen LogP contribution in [0.3, 0.4) is 0 Å². The Labute approximate surface area is 252 Å². The third kappa shape index (κ3) is 14.4. The zero-order valence-corrected chi connectivity index (χ0v) is 24.5. The minimum Gasteiger partial charge on any atom is -0.508 e. The number of carbonyl (C=O) groups excluding carboxylic acids is 2. The first-order chi connectivity index (χ1) is 20.7. The molecule has 0 aromatic heterocycles. The summed E-state index contributed by atoms with van der Waals surface area (Å²) < 4.78 is 16.5. The number of hydrogen-bond acceptors (Lipinski definition) is 7. The largest absolute Gasteiger partial charge is 0.508 e. The molecular weight excluding hydrogens is 548 g/mol. The second kappa shape index (κ2) is 19.1. The van der Waals surface area contributed by atoms with Crippen molar-refractivity contribution in [3.8, 4) is 23.0 Å². The first-order valence-electron chi connectivity index (χ1n) is 14.0. The fourth-order valence-electron chi connectivity index (χ4n) is 3.58. The van der Waals surface area contributed by atoms with Gasteiger partial charge < -0.3 is 24.4 Å². The van der Waals surface area contributed by atoms with E-state index in [-0.39, 0.29) is 5.75 Å². The Morgan fingerprint density at radius 3 is 1.86 bits per heavy atom. The van der Waals surface area contributed by atoms with Gasteiger partial charge in [0.05, 0.1) is 6.61 Å². The smallest absolute Gasteiger partial charge is 0.336 e. The SMILES string of the molecule is C=CC(=O)O.CCCCCCCOc1ccc(/C=C/C(=O)Oc2ccc(OC(=O)/C=C/c3ccc(O)cc3)cc2C)cc1. The molecule has 0 bridgehead atoms. The highest BCUT2D eigenvalue weighted by Crippen LogP contribution is 2.24. The van der Waals surface area contributed by atoms with Crippen molar-refractivity contribution in [1.29, 1.82) is 0 Å². The van der Waals surface area contributed by atoms with Gasteiger partial charge in [-0.3, -0.25) is 0 Å². The molecule has 43 heavy (non-hydrogen) atoms. The number of ether oxygens (including phenoxy) is 3. The number of unbranched alkanes of at least 4 members (excludes halogenated alkanes) is 4. The molecule has 8 heteroatoms. The van der Waals surface area contributed by atoms with Gasteiger partial charge >= 0.3 is 17.9 Å². The third-order valence-electron chi connectivity index (χ3n) is 5.86. The molecule has 0 aliphatic heterocycles. The van der Waals surface area contributed by atoms with Gasteiger partial charge in [-0.05, 0) is 84.7 Å². The van der Waals surface area contributed by atoms with Crippen LogP contribution in [0.1, 0.15) is 55.7 Å². The maximum Gasteiger partial charge on any atom is 0.336 e. The molecule has 0 fully saturated rings. The van der Waals surface area contributed by atoms with E-state index in [4.69, 9.17) is 19.3 Å². The highest BCUT2D eigenvalue weighted by molar-refractivity contribution is 5.89. The molecule has 3 aromatic carbocycles. The molecule has 226 valence electrons. The quantitative estimate of drug-likeness (QED) is 0.0860. The Bertz CT molecular complexity index is 1390. The second-order valence-corrected chi connectivity index (χ2v) is 9.40. The number of phenols is 1. The van der Waals surface area contributed by atoms with Crippen molar-refractivity contribution in [3.63, 3.8) is 0 Å². The van der Waals surface area contributed by atoms with Crippen LogP contribution in [-0.4, -0.2) is 34.7 Å². The van der Waals surface area contributed by atoms with Crippen molar-refractivity contribution in [2.24, 2.45) is 0 Å². The first-order valence-corrected chi connectivity index (χ1v) is 14.0. The van der Waals surface area contributed by atoms with Gasteiger partial charge in [-0.1, -0.05) is 63.5 Å². The highest BCUT2D eigenvalue weighted by Gasteiger charge is 2.08. The molecule has 0 spiro atoms. The monoisotopic (exact) mass is 586 g/mol. The topological polar surface area (TPSA) is 119 Å². The minimum atomic E-state index is -0.981. The van der Waals surface area contributed by atoms with Gasteiger partial charge in [0.25, 0.3) is 0 Å². The number of carboxylic acid groups (broad SMARTS) is 1. The Balaban J connectivity index is 0.00000119. The van der Waals surface area contributed by atoms with E-state index in [9.17, 15) is 19.5 Å². The summed E-state index contributed by atoms with van der Waals surface area (Å²) in [4.78, 5) is 33.7. The molecule has 3 rings (SSSR count). The lowest BCUT2D eigenvalue weighted by molar-refractivity contribution is -0.131. The summed E-state index contributed by atoms with van der Waals surface area (Å²) in [5.74, 6) is -0.365. The summed E-state index contributed by atoms with van der Waals surface area (Å²) in [6.07, 6.45) is 12.8. The van der Waals surface area contributed by atoms with Gasteiger partial charge in [0.15, 0.2) is 0 Å². The van der Waals surface area contributed by atoms with E-state index >= 15 is 0 Å². The summed E-state index contributed by atoms with van der Waals surface area (Å²) in [5.41, 5.74) is 2.26. The highest BCUT2D eigenvalue weighted by atomic mass is 16.5. The average molecular weight is 587 g/mol. The average Bonchev–Trinajstić information content (AvgIpc) is 3.00. The number of aryl methyl sites for hydroxylation is 1. The van der Waals surface area contributed by atoms with Gasteiger partial charge in [-0.15, -0.1) is 0 Å². The molecule has 0 aliphatic rings. The predicted molar refractivity (Wildman–Crippen MR) is 167 cm³/mol. The van der Waals surface area contributed by atoms with Crippen LogP contribution in [0.15, 0.2) is 91.5 Å². The molecule has 0 radical (unpaired) electrons. The number of carboxylic acids is 1. The lowest BCUT2D eigenvalue weighted by Crippen LogP contribution is -2.06. The Morgan fingerprint density at radius 2 is 1.30 bits per heavy atom. The number of aliphatic carboxylic acids is 1. The van der Waals surface area contributed by atoms with Crippen LogP contribution in [0.25, 0.3) is 12.2 Å². The number of aromatic hydroxyl groups is 1. The van der Waals surface area contributed by atoms with E-state index in [0.29, 0.717) is 23.7 Å². The van der Waals surface area contributed by atoms with E-state index in [2.05, 4.69) is 13.5 Å². The Morgan fingerprint density at radius 1 is 0.767 bits per heavy atom. The van der Waals surface area contributed by atoms with Gasteiger partial charge in [0.2, 0.25) is 0 Å². The predicted octanol–water partition coefficient (Wildman–Crippen LogP) is 7.54. The number of benzene rings is 3. The van der Waals surface area contributed by atoms with Crippen LogP contribution in [0.4, 0.5) is 0 Å². The summed E-state index contributed by atoms with van der Waals surface area (Å²) in [5, 5.41) is 16.9. The standard InChI is InChI=1S/C32H34O6.C3H4O2/c1-3-4-5-6-7-22-36-28-16-10-26(11-17-28)13-21-32(35)38-30-19-18-29(23-24(30)2)37-31(34)20-12-25-8-14-27(33)15-9-25;1-2-3(4)5/h8-21,23,33H,3-7,22H2,1-2H3;2H,1H2,(H,4,5)/b20-12+,21-13+;. The van der Waals surface area contributed by atoms with Gasteiger partial charge in [-0.2, -0.15) is 0 Å². The minimum absolute atomic E-state index is 0.152. The van der Waals surface area contributed by atoms with Crippen molar-refractivity contribution < 1.29 is 38.8 Å². The van der Waals surface area contributed by atoms with Crippen molar-refractivity contribution in [1.82, 2.24) is 0 Å². The van der Waals surface area contributed by atoms with Gasteiger partial charge in [-0.25, -0.2) is 14.4 Å². The van der Waals surface area contributed by atoms with Crippen molar-refractivity contribution in [2.75, 3.05) is 6.61 Å². The third-order valence-corrected chi connectivity index (χ3v) is 5.86. The van der Waals surface area contributed by atoms with Gasteiger partial charge in [0.1, 0.15) is 23.0 Å². The van der Waals surface area contributed by atoms with Crippen LogP contribution in [0.2, 0.25) is 0 Å². The molecule has 8 nitrogen and oxygen atoms in total. The molecule has 2 N–H and O–H groups in total.